The Hall–Kier alpha value is -1.97. The summed E-state index contributed by atoms with van der Waals surface area (Å²) in [5.41, 5.74) is 2.68. The molecule has 0 radical (unpaired) electrons. The number of fused-ring (bicyclic) bond motifs is 2. The smallest absolute Gasteiger partial charge is 0.550 e. The van der Waals surface area contributed by atoms with E-state index in [4.69, 9.17) is 26.1 Å². The van der Waals surface area contributed by atoms with Gasteiger partial charge in [-0.3, -0.25) is 5.32 Å². The molecule has 5 rings (SSSR count). The van der Waals surface area contributed by atoms with E-state index in [0.29, 0.717) is 44.2 Å². The number of alkyl halides is 1. The van der Waals surface area contributed by atoms with Crippen LogP contribution < -0.4 is 54.8 Å². The molecule has 0 bridgehead atoms. The topological polar surface area (TPSA) is 98.2 Å². The van der Waals surface area contributed by atoms with Gasteiger partial charge in [-0.1, -0.05) is 35.9 Å². The Morgan fingerprint density at radius 2 is 1.97 bits per heavy atom. The van der Waals surface area contributed by atoms with E-state index in [2.05, 4.69) is 10.6 Å². The van der Waals surface area contributed by atoms with Gasteiger partial charge in [-0.15, -0.1) is 0 Å². The van der Waals surface area contributed by atoms with Crippen LogP contribution in [0.1, 0.15) is 24.0 Å². The molecule has 1 atom stereocenters. The second-order valence-corrected chi connectivity index (χ2v) is 8.40. The number of carbonyl (C=O) groups is 1. The number of halogens is 1. The van der Waals surface area contributed by atoms with Crippen molar-refractivity contribution >= 4 is 29.2 Å². The third-order valence-corrected chi connectivity index (χ3v) is 6.30. The van der Waals surface area contributed by atoms with Crippen molar-refractivity contribution in [2.45, 2.75) is 24.5 Å². The first kappa shape index (κ1) is 23.2. The zero-order valence-corrected chi connectivity index (χ0v) is 20.5. The second-order valence-electron chi connectivity index (χ2n) is 7.85. The van der Waals surface area contributed by atoms with Crippen molar-refractivity contribution in [3.8, 4) is 11.5 Å². The number of aliphatic carboxylic acids is 1. The second kappa shape index (κ2) is 9.49. The Kier molecular flexibility index (Phi) is 6.88. The van der Waals surface area contributed by atoms with Crippen molar-refractivity contribution in [2.24, 2.45) is 10.9 Å². The predicted octanol–water partition coefficient (Wildman–Crippen LogP) is -1.20. The molecule has 0 amide bonds. The molecular formula is C22H22ClN4NaO4. The fourth-order valence-electron chi connectivity index (χ4n) is 4.12. The van der Waals surface area contributed by atoms with Gasteiger partial charge in [0.2, 0.25) is 17.9 Å². The zero-order valence-electron chi connectivity index (χ0n) is 17.8. The van der Waals surface area contributed by atoms with Crippen LogP contribution in [0.5, 0.6) is 11.5 Å². The number of hydrogen-bond donors (Lipinski definition) is 2. The molecule has 32 heavy (non-hydrogen) atoms. The normalized spacial score (nSPS) is 21.8. The summed E-state index contributed by atoms with van der Waals surface area (Å²) in [7, 11) is 0. The maximum Gasteiger partial charge on any atom is 1.00 e. The molecule has 0 aliphatic carbocycles. The summed E-state index contributed by atoms with van der Waals surface area (Å²) < 4.78 is 10.8. The van der Waals surface area contributed by atoms with Crippen LogP contribution >= 0.6 is 11.6 Å². The maximum atomic E-state index is 11.2. The first-order chi connectivity index (χ1) is 15.0. The van der Waals surface area contributed by atoms with E-state index in [-0.39, 0.29) is 36.4 Å². The van der Waals surface area contributed by atoms with Crippen LogP contribution in [0.4, 0.5) is 5.69 Å². The molecule has 2 N–H and O–H groups in total. The largest absolute Gasteiger partial charge is 1.00 e. The number of carboxylic acids is 1. The number of para-hydroxylation sites is 1. The quantitative estimate of drug-likeness (QED) is 0.333. The van der Waals surface area contributed by atoms with Crippen LogP contribution in [0.3, 0.4) is 0 Å². The summed E-state index contributed by atoms with van der Waals surface area (Å²) >= 11 is 7.04. The van der Waals surface area contributed by atoms with E-state index < -0.39 is 17.0 Å². The Labute approximate surface area is 213 Å². The predicted molar refractivity (Wildman–Crippen MR) is 114 cm³/mol. The van der Waals surface area contributed by atoms with Gasteiger partial charge in [0, 0.05) is 42.8 Å². The molecule has 2 aromatic rings. The SMILES string of the molecule is O=C([O-])C1CCN(C2=NC(Cl)(NCc3ccc4c(c3)OCO4)c3ccccc3N2)CC1.[Na+]. The maximum absolute atomic E-state index is 11.2. The molecule has 0 saturated carbocycles. The van der Waals surface area contributed by atoms with E-state index in [9.17, 15) is 9.90 Å². The molecule has 1 fully saturated rings. The third kappa shape index (κ3) is 4.56. The van der Waals surface area contributed by atoms with Gasteiger partial charge in [-0.2, -0.15) is 0 Å². The van der Waals surface area contributed by atoms with Gasteiger partial charge in [-0.05, 0) is 36.6 Å². The third-order valence-electron chi connectivity index (χ3n) is 5.88. The standard InChI is InChI=1S/C22H23ClN4O4.Na/c23-22(24-12-14-5-6-18-19(11-14)31-13-30-18)16-3-1-2-4-17(16)25-21(26-22)27-9-7-15(8-10-27)20(28)29;/h1-6,11,15,24H,7-10,12-13H2,(H,25,26)(H,28,29);/q;+1/p-1. The number of aliphatic imine (C=N–C) groups is 1. The number of piperidine rings is 1. The summed E-state index contributed by atoms with van der Waals surface area (Å²) in [6.45, 7) is 1.84. The average Bonchev–Trinajstić information content (AvgIpc) is 3.26. The van der Waals surface area contributed by atoms with Crippen LogP contribution in [0, 0.1) is 5.92 Å². The van der Waals surface area contributed by atoms with Crippen molar-refractivity contribution in [1.29, 1.82) is 0 Å². The van der Waals surface area contributed by atoms with Crippen LogP contribution in [0.2, 0.25) is 0 Å². The van der Waals surface area contributed by atoms with Gasteiger partial charge >= 0.3 is 29.6 Å². The fourth-order valence-corrected chi connectivity index (χ4v) is 4.43. The Balaban J connectivity index is 0.00000245. The number of rotatable bonds is 4. The van der Waals surface area contributed by atoms with E-state index in [1.54, 1.807) is 0 Å². The van der Waals surface area contributed by atoms with Gasteiger partial charge in [0.1, 0.15) is 0 Å². The van der Waals surface area contributed by atoms with Gasteiger partial charge in [0.15, 0.2) is 11.5 Å². The first-order valence-corrected chi connectivity index (χ1v) is 10.6. The molecule has 0 aromatic heterocycles. The van der Waals surface area contributed by atoms with Crippen LogP contribution in [0.15, 0.2) is 47.5 Å². The average molecular weight is 465 g/mol. The number of hydrogen-bond acceptors (Lipinski definition) is 8. The molecule has 1 unspecified atom stereocenters. The summed E-state index contributed by atoms with van der Waals surface area (Å²) in [5, 5.41) is 16.7. The molecule has 10 heteroatoms. The summed E-state index contributed by atoms with van der Waals surface area (Å²) in [6.07, 6.45) is 1.04. The Bertz CT molecular complexity index is 1040. The van der Waals surface area contributed by atoms with Crippen LogP contribution in [-0.2, 0) is 16.5 Å². The molecule has 3 heterocycles. The molecule has 8 nitrogen and oxygen atoms in total. The van der Waals surface area contributed by atoms with E-state index in [1.165, 1.54) is 0 Å². The van der Waals surface area contributed by atoms with E-state index >= 15 is 0 Å². The summed E-state index contributed by atoms with van der Waals surface area (Å²) in [4.78, 5) is 18.0. The molecule has 0 spiro atoms. The number of likely N-dealkylation sites (tertiary alicyclic amines) is 1. The minimum atomic E-state index is -1.17. The van der Waals surface area contributed by atoms with E-state index in [0.717, 1.165) is 22.6 Å². The number of nitrogens with one attached hydrogen (secondary N) is 2. The molecular weight excluding hydrogens is 443 g/mol. The van der Waals surface area contributed by atoms with Crippen molar-refractivity contribution in [3.63, 3.8) is 0 Å². The Morgan fingerprint density at radius 3 is 2.75 bits per heavy atom. The molecule has 162 valence electrons. The minimum Gasteiger partial charge on any atom is -0.550 e. The number of carbonyl (C=O) groups excluding carboxylic acids is 1. The number of anilines is 1. The van der Waals surface area contributed by atoms with Crippen molar-refractivity contribution in [3.05, 3.63) is 53.6 Å². The van der Waals surface area contributed by atoms with Gasteiger partial charge < -0.3 is 29.6 Å². The number of ether oxygens (including phenoxy) is 2. The zero-order chi connectivity index (χ0) is 21.4. The Morgan fingerprint density at radius 1 is 1.22 bits per heavy atom. The fraction of sp³-hybridized carbons (Fsp3) is 0.364. The number of nitrogens with zero attached hydrogens (tertiary/aromatic N) is 2. The summed E-state index contributed by atoms with van der Waals surface area (Å²) in [5.74, 6) is 0.673. The monoisotopic (exact) mass is 464 g/mol. The van der Waals surface area contributed by atoms with E-state index in [1.807, 2.05) is 47.4 Å². The molecule has 2 aromatic carbocycles. The molecule has 1 saturated heterocycles. The van der Waals surface area contributed by atoms with Crippen molar-refractivity contribution in [1.82, 2.24) is 10.2 Å². The number of guanidine groups is 1. The molecule has 3 aliphatic rings. The van der Waals surface area contributed by atoms with Gasteiger partial charge in [-0.25, -0.2) is 4.99 Å². The van der Waals surface area contributed by atoms with Crippen molar-refractivity contribution < 1.29 is 48.9 Å². The molecule has 3 aliphatic heterocycles. The number of benzene rings is 2. The van der Waals surface area contributed by atoms with Crippen LogP contribution in [-0.4, -0.2) is 36.7 Å². The summed E-state index contributed by atoms with van der Waals surface area (Å²) in [6, 6.07) is 13.5. The van der Waals surface area contributed by atoms with Gasteiger partial charge in [0.25, 0.3) is 0 Å². The minimum absolute atomic E-state index is 0. The van der Waals surface area contributed by atoms with Crippen LogP contribution in [0.25, 0.3) is 0 Å². The van der Waals surface area contributed by atoms with Crippen molar-refractivity contribution in [2.75, 3.05) is 25.2 Å². The number of carboxylic acid groups (broad SMARTS) is 1. The van der Waals surface area contributed by atoms with Gasteiger partial charge in [0.05, 0.1) is 0 Å². The first-order valence-electron chi connectivity index (χ1n) is 10.3.